The van der Waals surface area contributed by atoms with Gasteiger partial charge in [-0.15, -0.1) is 0 Å². The zero-order valence-corrected chi connectivity index (χ0v) is 12.2. The number of rotatable bonds is 6. The topological polar surface area (TPSA) is 58.3 Å². The van der Waals surface area contributed by atoms with Gasteiger partial charge in [0.1, 0.15) is 5.82 Å². The molecule has 0 radical (unpaired) electrons. The van der Waals surface area contributed by atoms with E-state index in [1.807, 2.05) is 19.9 Å². The molecule has 1 aromatic carbocycles. The van der Waals surface area contributed by atoms with E-state index in [4.69, 9.17) is 10.8 Å². The van der Waals surface area contributed by atoms with Crippen molar-refractivity contribution in [1.29, 1.82) is 0 Å². The van der Waals surface area contributed by atoms with Crippen LogP contribution in [0.4, 0.5) is 4.39 Å². The zero-order valence-electron chi connectivity index (χ0n) is 10.7. The number of nitrogens with two attached hydrogens (primary N) is 1. The van der Waals surface area contributed by atoms with Gasteiger partial charge < -0.3 is 16.2 Å². The third-order valence-corrected chi connectivity index (χ3v) is 3.83. The van der Waals surface area contributed by atoms with Crippen LogP contribution in [0.5, 0.6) is 0 Å². The predicted molar refractivity (Wildman–Crippen MR) is 74.7 cm³/mol. The van der Waals surface area contributed by atoms with Crippen LogP contribution in [0, 0.1) is 11.7 Å². The molecule has 1 aromatic rings. The van der Waals surface area contributed by atoms with Crippen molar-refractivity contribution in [2.45, 2.75) is 25.9 Å². The van der Waals surface area contributed by atoms with E-state index in [0.717, 1.165) is 5.56 Å². The molecule has 0 aliphatic heterocycles. The van der Waals surface area contributed by atoms with Crippen molar-refractivity contribution in [2.24, 2.45) is 11.7 Å². The molecule has 3 atom stereocenters. The summed E-state index contributed by atoms with van der Waals surface area (Å²) >= 11 is 3.13. The van der Waals surface area contributed by atoms with Gasteiger partial charge in [-0.3, -0.25) is 0 Å². The molecule has 0 aliphatic carbocycles. The van der Waals surface area contributed by atoms with Gasteiger partial charge in [-0.25, -0.2) is 4.39 Å². The second kappa shape index (κ2) is 7.19. The molecular weight excluding hydrogens is 299 g/mol. The summed E-state index contributed by atoms with van der Waals surface area (Å²) < 4.78 is 13.9. The summed E-state index contributed by atoms with van der Waals surface area (Å²) in [6, 6.07) is 4.99. The fourth-order valence-electron chi connectivity index (χ4n) is 1.67. The van der Waals surface area contributed by atoms with Crippen molar-refractivity contribution in [3.8, 4) is 0 Å². The third kappa shape index (κ3) is 4.02. The van der Waals surface area contributed by atoms with Crippen molar-refractivity contribution in [1.82, 2.24) is 5.32 Å². The molecule has 0 bridgehead atoms. The summed E-state index contributed by atoms with van der Waals surface area (Å²) in [5.74, 6) is -0.171. The number of nitrogens with one attached hydrogen (secondary N) is 1. The Bertz CT molecular complexity index is 389. The Hall–Kier alpha value is -0.490. The molecule has 0 amide bonds. The summed E-state index contributed by atoms with van der Waals surface area (Å²) in [5, 5.41) is 12.4. The van der Waals surface area contributed by atoms with Crippen molar-refractivity contribution >= 4 is 15.9 Å². The number of hydrogen-bond acceptors (Lipinski definition) is 3. The molecule has 1 rings (SSSR count). The van der Waals surface area contributed by atoms with Gasteiger partial charge >= 0.3 is 0 Å². The van der Waals surface area contributed by atoms with Crippen LogP contribution in [-0.2, 0) is 0 Å². The Labute approximate surface area is 116 Å². The molecule has 0 aliphatic rings. The van der Waals surface area contributed by atoms with Crippen molar-refractivity contribution in [2.75, 3.05) is 13.2 Å². The monoisotopic (exact) mass is 318 g/mol. The first-order chi connectivity index (χ1) is 8.49. The molecule has 0 saturated carbocycles. The van der Waals surface area contributed by atoms with Gasteiger partial charge in [0.05, 0.1) is 4.47 Å². The van der Waals surface area contributed by atoms with E-state index >= 15 is 0 Å². The van der Waals surface area contributed by atoms with E-state index in [1.165, 1.54) is 6.07 Å². The summed E-state index contributed by atoms with van der Waals surface area (Å²) in [6.45, 7) is 4.43. The van der Waals surface area contributed by atoms with Crippen LogP contribution in [0.2, 0.25) is 0 Å². The Morgan fingerprint density at radius 2 is 2.11 bits per heavy atom. The summed E-state index contributed by atoms with van der Waals surface area (Å²) in [4.78, 5) is 0. The first-order valence-corrected chi connectivity index (χ1v) is 6.80. The molecule has 3 unspecified atom stereocenters. The van der Waals surface area contributed by atoms with E-state index in [1.54, 1.807) is 6.07 Å². The minimum absolute atomic E-state index is 0.107. The quantitative estimate of drug-likeness (QED) is 0.753. The van der Waals surface area contributed by atoms with E-state index in [0.29, 0.717) is 11.0 Å². The Morgan fingerprint density at radius 3 is 2.61 bits per heavy atom. The van der Waals surface area contributed by atoms with Crippen LogP contribution >= 0.6 is 15.9 Å². The highest BCUT2D eigenvalue weighted by molar-refractivity contribution is 9.10. The molecule has 0 aromatic heterocycles. The van der Waals surface area contributed by atoms with Crippen molar-refractivity contribution in [3.63, 3.8) is 0 Å². The first kappa shape index (κ1) is 15.6. The standard InChI is InChI=1S/C13H20BrFN2O/c1-8(7-18)9(2)17-13(6-16)10-3-4-11(14)12(15)5-10/h3-5,8-9,13,17-18H,6-7,16H2,1-2H3. The van der Waals surface area contributed by atoms with E-state index < -0.39 is 0 Å². The minimum atomic E-state index is -0.296. The van der Waals surface area contributed by atoms with Crippen molar-refractivity contribution < 1.29 is 9.50 Å². The van der Waals surface area contributed by atoms with E-state index in [9.17, 15) is 4.39 Å². The number of halogens is 2. The Morgan fingerprint density at radius 1 is 1.44 bits per heavy atom. The van der Waals surface area contributed by atoms with Crippen LogP contribution in [0.3, 0.4) is 0 Å². The number of aliphatic hydroxyl groups excluding tert-OH is 1. The normalized spacial score (nSPS) is 16.3. The first-order valence-electron chi connectivity index (χ1n) is 6.01. The van der Waals surface area contributed by atoms with Gasteiger partial charge in [-0.2, -0.15) is 0 Å². The second-order valence-electron chi connectivity index (χ2n) is 4.58. The minimum Gasteiger partial charge on any atom is -0.396 e. The molecule has 18 heavy (non-hydrogen) atoms. The molecular formula is C13H20BrFN2O. The highest BCUT2D eigenvalue weighted by Gasteiger charge is 2.17. The van der Waals surface area contributed by atoms with Crippen LogP contribution < -0.4 is 11.1 Å². The van der Waals surface area contributed by atoms with Gasteiger partial charge in [0.25, 0.3) is 0 Å². The van der Waals surface area contributed by atoms with E-state index in [-0.39, 0.29) is 30.4 Å². The number of aliphatic hydroxyl groups is 1. The fourth-order valence-corrected chi connectivity index (χ4v) is 1.92. The predicted octanol–water partition coefficient (Wildman–Crippen LogP) is 2.19. The zero-order chi connectivity index (χ0) is 13.7. The van der Waals surface area contributed by atoms with E-state index in [2.05, 4.69) is 21.2 Å². The molecule has 0 fully saturated rings. The van der Waals surface area contributed by atoms with Crippen LogP contribution in [0.25, 0.3) is 0 Å². The highest BCUT2D eigenvalue weighted by Crippen LogP contribution is 2.21. The summed E-state index contributed by atoms with van der Waals surface area (Å²) in [6.07, 6.45) is 0. The van der Waals surface area contributed by atoms with Crippen molar-refractivity contribution in [3.05, 3.63) is 34.1 Å². The lowest BCUT2D eigenvalue weighted by atomic mass is 10.0. The largest absolute Gasteiger partial charge is 0.396 e. The van der Waals surface area contributed by atoms with Crippen LogP contribution in [0.15, 0.2) is 22.7 Å². The maximum Gasteiger partial charge on any atom is 0.137 e. The maximum atomic E-state index is 13.5. The molecule has 0 spiro atoms. The number of benzene rings is 1. The molecule has 5 heteroatoms. The number of hydrogen-bond donors (Lipinski definition) is 3. The summed E-state index contributed by atoms with van der Waals surface area (Å²) in [7, 11) is 0. The lowest BCUT2D eigenvalue weighted by molar-refractivity contribution is 0.201. The lowest BCUT2D eigenvalue weighted by Gasteiger charge is -2.26. The highest BCUT2D eigenvalue weighted by atomic mass is 79.9. The van der Waals surface area contributed by atoms with Crippen LogP contribution in [-0.4, -0.2) is 24.3 Å². The maximum absolute atomic E-state index is 13.5. The van der Waals surface area contributed by atoms with Gasteiger partial charge in [0.2, 0.25) is 0 Å². The Balaban J connectivity index is 2.79. The molecule has 3 nitrogen and oxygen atoms in total. The average Bonchev–Trinajstić information content (AvgIpc) is 2.38. The lowest BCUT2D eigenvalue weighted by Crippen LogP contribution is -2.39. The second-order valence-corrected chi connectivity index (χ2v) is 5.43. The van der Waals surface area contributed by atoms with Gasteiger partial charge in [-0.05, 0) is 46.5 Å². The smallest absolute Gasteiger partial charge is 0.137 e. The molecule has 0 heterocycles. The molecule has 4 N–H and O–H groups in total. The molecule has 102 valence electrons. The van der Waals surface area contributed by atoms with Gasteiger partial charge in [0.15, 0.2) is 0 Å². The average molecular weight is 319 g/mol. The van der Waals surface area contributed by atoms with Gasteiger partial charge in [0, 0.05) is 25.2 Å². The fraction of sp³-hybridized carbons (Fsp3) is 0.538. The SMILES string of the molecule is CC(CO)C(C)NC(CN)c1ccc(Br)c(F)c1. The Kier molecular flexibility index (Phi) is 6.21. The molecule has 0 saturated heterocycles. The van der Waals surface area contributed by atoms with Gasteiger partial charge in [-0.1, -0.05) is 13.0 Å². The summed E-state index contributed by atoms with van der Waals surface area (Å²) in [5.41, 5.74) is 6.54. The van der Waals surface area contributed by atoms with Crippen LogP contribution in [0.1, 0.15) is 25.5 Å². The third-order valence-electron chi connectivity index (χ3n) is 3.19.